The van der Waals surface area contributed by atoms with Crippen molar-refractivity contribution in [3.05, 3.63) is 33.4 Å². The van der Waals surface area contributed by atoms with E-state index in [1.165, 1.54) is 9.13 Å². The summed E-state index contributed by atoms with van der Waals surface area (Å²) in [5, 5.41) is 3.33. The number of halogens is 1. The maximum Gasteiger partial charge on any atom is 0.246 e. The first kappa shape index (κ1) is 20.1. The average molecular weight is 441 g/mol. The average Bonchev–Trinajstić information content (AvgIpc) is 2.49. The molecule has 0 heterocycles. The molecule has 0 amide bonds. The molecule has 22 heavy (non-hydrogen) atoms. The molecule has 0 aliphatic heterocycles. The van der Waals surface area contributed by atoms with Crippen molar-refractivity contribution in [3.8, 4) is 0 Å². The molecule has 0 aliphatic carbocycles. The highest BCUT2D eigenvalue weighted by atomic mass is 127. The molecule has 0 bridgehead atoms. The summed E-state index contributed by atoms with van der Waals surface area (Å²) < 4.78 is 23.7. The Bertz CT molecular complexity index is 449. The van der Waals surface area contributed by atoms with Crippen LogP contribution in [0.25, 0.3) is 0 Å². The summed E-state index contributed by atoms with van der Waals surface area (Å²) in [5.41, 5.74) is -0.115. The minimum Gasteiger partial charge on any atom is -0.343 e. The third-order valence-electron chi connectivity index (χ3n) is 3.18. The van der Waals surface area contributed by atoms with Crippen molar-refractivity contribution in [1.29, 1.82) is 0 Å². The number of nitrogens with one attached hydrogen (secondary N) is 1. The van der Waals surface area contributed by atoms with Crippen LogP contribution in [0.4, 0.5) is 0 Å². The predicted octanol–water partition coefficient (Wildman–Crippen LogP) is 3.35. The smallest absolute Gasteiger partial charge is 0.246 e. The van der Waals surface area contributed by atoms with Gasteiger partial charge in [-0.3, -0.25) is 4.57 Å². The standard InChI is InChI=1S/C15H25INO4P/c1-3-20-15(21-4-2,22(18)19)10-5-11-17-12-13-6-8-14(16)9-7-13/h6-9,17,22H,3-5,10-12H2,1-2H3,(H,18,19). The van der Waals surface area contributed by atoms with Crippen molar-refractivity contribution in [1.82, 2.24) is 5.32 Å². The third-order valence-corrected chi connectivity index (χ3v) is 5.09. The molecule has 126 valence electrons. The van der Waals surface area contributed by atoms with Gasteiger partial charge in [0.05, 0.1) is 0 Å². The van der Waals surface area contributed by atoms with Crippen LogP contribution < -0.4 is 5.32 Å². The molecular formula is C15H25INO4P. The molecule has 0 saturated carbocycles. The molecule has 0 aliphatic rings. The van der Waals surface area contributed by atoms with Gasteiger partial charge in [-0.15, -0.1) is 0 Å². The summed E-state index contributed by atoms with van der Waals surface area (Å²) >= 11 is 2.28. The van der Waals surface area contributed by atoms with Crippen LogP contribution in [-0.4, -0.2) is 30.2 Å². The van der Waals surface area contributed by atoms with E-state index in [0.717, 1.165) is 13.1 Å². The van der Waals surface area contributed by atoms with Gasteiger partial charge in [-0.25, -0.2) is 0 Å². The fraction of sp³-hybridized carbons (Fsp3) is 0.600. The first-order chi connectivity index (χ1) is 10.5. The number of hydrogen-bond donors (Lipinski definition) is 2. The zero-order chi connectivity index (χ0) is 16.4. The van der Waals surface area contributed by atoms with E-state index in [4.69, 9.17) is 9.47 Å². The van der Waals surface area contributed by atoms with Crippen molar-refractivity contribution in [2.75, 3.05) is 19.8 Å². The van der Waals surface area contributed by atoms with Crippen molar-refractivity contribution in [3.63, 3.8) is 0 Å². The van der Waals surface area contributed by atoms with E-state index in [2.05, 4.69) is 52.2 Å². The van der Waals surface area contributed by atoms with Gasteiger partial charge < -0.3 is 19.7 Å². The fourth-order valence-electron chi connectivity index (χ4n) is 2.16. The van der Waals surface area contributed by atoms with Crippen LogP contribution in [0, 0.1) is 3.57 Å². The van der Waals surface area contributed by atoms with E-state index in [1.54, 1.807) is 13.8 Å². The molecule has 0 fully saturated rings. The topological polar surface area (TPSA) is 67.8 Å². The number of hydrogen-bond acceptors (Lipinski definition) is 4. The van der Waals surface area contributed by atoms with E-state index in [0.29, 0.717) is 26.1 Å². The maximum absolute atomic E-state index is 11.6. The number of benzene rings is 1. The van der Waals surface area contributed by atoms with E-state index in [1.807, 2.05) is 0 Å². The van der Waals surface area contributed by atoms with Crippen LogP contribution in [0.1, 0.15) is 32.3 Å². The van der Waals surface area contributed by atoms with E-state index >= 15 is 0 Å². The molecule has 0 radical (unpaired) electrons. The summed E-state index contributed by atoms with van der Waals surface area (Å²) in [6.45, 7) is 5.83. The minimum atomic E-state index is -2.92. The second-order valence-electron chi connectivity index (χ2n) is 4.83. The molecule has 1 rings (SSSR count). The Kier molecular flexibility index (Phi) is 9.79. The molecule has 1 aromatic carbocycles. The van der Waals surface area contributed by atoms with Crippen molar-refractivity contribution < 1.29 is 18.9 Å². The Morgan fingerprint density at radius 2 is 1.82 bits per heavy atom. The molecule has 5 nitrogen and oxygen atoms in total. The number of ether oxygens (including phenoxy) is 2. The van der Waals surface area contributed by atoms with Crippen molar-refractivity contribution >= 4 is 30.6 Å². The molecule has 1 atom stereocenters. The molecule has 0 spiro atoms. The monoisotopic (exact) mass is 441 g/mol. The van der Waals surface area contributed by atoms with E-state index in [9.17, 15) is 9.46 Å². The fourth-order valence-corrected chi connectivity index (χ4v) is 3.45. The lowest BCUT2D eigenvalue weighted by Gasteiger charge is -2.30. The van der Waals surface area contributed by atoms with Gasteiger partial charge in [0.25, 0.3) is 0 Å². The zero-order valence-corrected chi connectivity index (χ0v) is 16.3. The van der Waals surface area contributed by atoms with E-state index in [-0.39, 0.29) is 0 Å². The highest BCUT2D eigenvalue weighted by molar-refractivity contribution is 14.1. The molecule has 1 unspecified atom stereocenters. The lowest BCUT2D eigenvalue weighted by molar-refractivity contribution is -0.180. The van der Waals surface area contributed by atoms with Crippen LogP contribution in [0.2, 0.25) is 0 Å². The molecular weight excluding hydrogens is 416 g/mol. The van der Waals surface area contributed by atoms with Crippen LogP contribution in [0.3, 0.4) is 0 Å². The predicted molar refractivity (Wildman–Crippen MR) is 97.3 cm³/mol. The molecule has 0 saturated heterocycles. The quantitative estimate of drug-likeness (QED) is 0.239. The molecule has 7 heteroatoms. The first-order valence-corrected chi connectivity index (χ1v) is 9.94. The highest BCUT2D eigenvalue weighted by Gasteiger charge is 2.37. The second kappa shape index (κ2) is 10.7. The Balaban J connectivity index is 2.39. The first-order valence-electron chi connectivity index (χ1n) is 7.50. The van der Waals surface area contributed by atoms with Gasteiger partial charge in [-0.2, -0.15) is 0 Å². The van der Waals surface area contributed by atoms with Gasteiger partial charge in [0.1, 0.15) is 0 Å². The van der Waals surface area contributed by atoms with Gasteiger partial charge >= 0.3 is 0 Å². The Morgan fingerprint density at radius 3 is 2.32 bits per heavy atom. The summed E-state index contributed by atoms with van der Waals surface area (Å²) in [5.74, 6) is 0. The summed E-state index contributed by atoms with van der Waals surface area (Å²) in [6.07, 6.45) is 1.12. The zero-order valence-electron chi connectivity index (χ0n) is 13.1. The summed E-state index contributed by atoms with van der Waals surface area (Å²) in [4.78, 5) is 9.56. The summed E-state index contributed by atoms with van der Waals surface area (Å²) in [7, 11) is -2.92. The molecule has 0 aromatic heterocycles. The van der Waals surface area contributed by atoms with Crippen molar-refractivity contribution in [2.24, 2.45) is 0 Å². The molecule has 1 aromatic rings. The summed E-state index contributed by atoms with van der Waals surface area (Å²) in [6, 6.07) is 8.33. The highest BCUT2D eigenvalue weighted by Crippen LogP contribution is 2.41. The van der Waals surface area contributed by atoms with Gasteiger partial charge in [-0.1, -0.05) is 12.1 Å². The largest absolute Gasteiger partial charge is 0.343 e. The molecule has 2 N–H and O–H groups in total. The second-order valence-corrected chi connectivity index (χ2v) is 7.45. The van der Waals surface area contributed by atoms with Gasteiger partial charge in [0, 0.05) is 29.7 Å². The van der Waals surface area contributed by atoms with E-state index < -0.39 is 13.6 Å². The minimum absolute atomic E-state index is 0.354. The Labute approximate surface area is 146 Å². The third kappa shape index (κ3) is 6.64. The maximum atomic E-state index is 11.6. The normalized spacial score (nSPS) is 13.3. The van der Waals surface area contributed by atoms with Crippen LogP contribution in [0.15, 0.2) is 24.3 Å². The lowest BCUT2D eigenvalue weighted by atomic mass is 10.2. The van der Waals surface area contributed by atoms with Crippen molar-refractivity contribution in [2.45, 2.75) is 38.8 Å². The van der Waals surface area contributed by atoms with Crippen LogP contribution in [-0.2, 0) is 20.6 Å². The van der Waals surface area contributed by atoms with Crippen LogP contribution >= 0.6 is 30.6 Å². The van der Waals surface area contributed by atoms with Crippen LogP contribution in [0.5, 0.6) is 0 Å². The van der Waals surface area contributed by atoms with Gasteiger partial charge in [0.15, 0.2) is 0 Å². The Morgan fingerprint density at radius 1 is 1.23 bits per heavy atom. The lowest BCUT2D eigenvalue weighted by Crippen LogP contribution is -2.33. The van der Waals surface area contributed by atoms with Gasteiger partial charge in [0.2, 0.25) is 13.6 Å². The SMILES string of the molecule is CCOC(CCCNCc1ccc(I)cc1)(OCC)[PH](=O)O. The Hall–Kier alpha value is 0.0200. The van der Waals surface area contributed by atoms with Gasteiger partial charge in [-0.05, 0) is 67.1 Å². The number of rotatable bonds is 11.